The minimum Gasteiger partial charge on any atom is -0.384 e. The highest BCUT2D eigenvalue weighted by Gasteiger charge is 2.13. The van der Waals surface area contributed by atoms with E-state index < -0.39 is 0 Å². The molecule has 1 aromatic heterocycles. The molecule has 4 nitrogen and oxygen atoms in total. The Kier molecular flexibility index (Phi) is 3.99. The third kappa shape index (κ3) is 2.40. The minimum atomic E-state index is 0.394. The maximum Gasteiger partial charge on any atom is 0.112 e. The zero-order chi connectivity index (χ0) is 13.1. The third-order valence-corrected chi connectivity index (χ3v) is 3.11. The third-order valence-electron chi connectivity index (χ3n) is 3.11. The van der Waals surface area contributed by atoms with Crippen LogP contribution in [0.2, 0.25) is 0 Å². The summed E-state index contributed by atoms with van der Waals surface area (Å²) >= 11 is 0. The molecule has 4 heteroatoms. The number of nitrogens with two attached hydrogens (primary N) is 1. The van der Waals surface area contributed by atoms with E-state index in [-0.39, 0.29) is 0 Å². The summed E-state index contributed by atoms with van der Waals surface area (Å²) < 4.78 is 7.42. The van der Waals surface area contributed by atoms with Crippen LogP contribution in [0.3, 0.4) is 0 Å². The minimum absolute atomic E-state index is 0.394. The van der Waals surface area contributed by atoms with Crippen LogP contribution in [0.1, 0.15) is 31.3 Å². The molecule has 0 amide bonds. The topological polar surface area (TPSA) is 53.1 Å². The fourth-order valence-electron chi connectivity index (χ4n) is 2.27. The lowest BCUT2D eigenvalue weighted by Crippen LogP contribution is -2.08. The summed E-state index contributed by atoms with van der Waals surface area (Å²) in [5, 5.41) is 0. The fourth-order valence-corrected chi connectivity index (χ4v) is 2.27. The Labute approximate surface area is 108 Å². The average molecular weight is 247 g/mol. The highest BCUT2D eigenvalue weighted by molar-refractivity contribution is 5.77. The zero-order valence-electron chi connectivity index (χ0n) is 11.3. The van der Waals surface area contributed by atoms with Crippen LogP contribution < -0.4 is 5.73 Å². The number of aromatic nitrogens is 2. The summed E-state index contributed by atoms with van der Waals surface area (Å²) in [6.45, 7) is 5.60. The van der Waals surface area contributed by atoms with Gasteiger partial charge in [-0.05, 0) is 31.5 Å². The van der Waals surface area contributed by atoms with Crippen molar-refractivity contribution in [3.05, 3.63) is 29.6 Å². The van der Waals surface area contributed by atoms with Gasteiger partial charge in [-0.3, -0.25) is 0 Å². The summed E-state index contributed by atoms with van der Waals surface area (Å²) in [7, 11) is 1.72. The Balaban J connectivity index is 2.51. The molecule has 0 spiro atoms. The molecule has 98 valence electrons. The highest BCUT2D eigenvalue weighted by Crippen LogP contribution is 2.22. The molecule has 18 heavy (non-hydrogen) atoms. The summed E-state index contributed by atoms with van der Waals surface area (Å²) in [6, 6.07) is 6.65. The lowest BCUT2D eigenvalue weighted by Gasteiger charge is -2.12. The number of hydrogen-bond donors (Lipinski definition) is 1. The van der Waals surface area contributed by atoms with Crippen molar-refractivity contribution in [3.63, 3.8) is 0 Å². The first-order valence-corrected chi connectivity index (χ1v) is 6.36. The van der Waals surface area contributed by atoms with Gasteiger partial charge in [0.2, 0.25) is 0 Å². The summed E-state index contributed by atoms with van der Waals surface area (Å²) in [4.78, 5) is 4.71. The zero-order valence-corrected chi connectivity index (χ0v) is 11.3. The highest BCUT2D eigenvalue weighted by atomic mass is 16.5. The molecule has 0 bridgehead atoms. The van der Waals surface area contributed by atoms with E-state index in [9.17, 15) is 0 Å². The van der Waals surface area contributed by atoms with Crippen LogP contribution in [0.5, 0.6) is 0 Å². The molecular weight excluding hydrogens is 226 g/mol. The van der Waals surface area contributed by atoms with Crippen molar-refractivity contribution in [1.82, 2.24) is 9.55 Å². The monoisotopic (exact) mass is 247 g/mol. The lowest BCUT2D eigenvalue weighted by molar-refractivity contribution is 0.199. The van der Waals surface area contributed by atoms with E-state index >= 15 is 0 Å². The van der Waals surface area contributed by atoms with Crippen molar-refractivity contribution < 1.29 is 4.74 Å². The van der Waals surface area contributed by atoms with E-state index in [1.54, 1.807) is 7.11 Å². The predicted octanol–water partition coefficient (Wildman–Crippen LogP) is 2.26. The van der Waals surface area contributed by atoms with E-state index in [2.05, 4.69) is 36.6 Å². The fraction of sp³-hybridized carbons (Fsp3) is 0.500. The molecule has 2 N–H and O–H groups in total. The number of fused-ring (bicyclic) bond motifs is 1. The van der Waals surface area contributed by atoms with E-state index in [1.165, 1.54) is 5.52 Å². The van der Waals surface area contributed by atoms with Crippen molar-refractivity contribution in [2.45, 2.75) is 32.9 Å². The van der Waals surface area contributed by atoms with Crippen LogP contribution >= 0.6 is 0 Å². The SMILES string of the molecule is COCCc1nc2cc(CN)ccc2n1C(C)C. The van der Waals surface area contributed by atoms with Gasteiger partial charge in [0.05, 0.1) is 17.6 Å². The second-order valence-corrected chi connectivity index (χ2v) is 4.76. The maximum atomic E-state index is 5.67. The first-order chi connectivity index (χ1) is 8.67. The average Bonchev–Trinajstić information content (AvgIpc) is 2.73. The van der Waals surface area contributed by atoms with E-state index in [4.69, 9.17) is 15.5 Å². The molecule has 0 atom stereocenters. The lowest BCUT2D eigenvalue weighted by atomic mass is 10.2. The molecule has 2 aromatic rings. The second kappa shape index (κ2) is 5.50. The number of ether oxygens (including phenoxy) is 1. The van der Waals surface area contributed by atoms with Crippen LogP contribution in [-0.2, 0) is 17.7 Å². The molecular formula is C14H21N3O. The standard InChI is InChI=1S/C14H21N3O/c1-10(2)17-13-5-4-11(9-15)8-12(13)16-14(17)6-7-18-3/h4-5,8,10H,6-7,9,15H2,1-3H3. The van der Waals surface area contributed by atoms with Gasteiger partial charge >= 0.3 is 0 Å². The molecule has 0 aliphatic heterocycles. The molecule has 0 aliphatic rings. The van der Waals surface area contributed by atoms with Crippen molar-refractivity contribution in [2.24, 2.45) is 5.73 Å². The number of rotatable bonds is 5. The van der Waals surface area contributed by atoms with E-state index in [1.807, 2.05) is 0 Å². The molecule has 1 aromatic carbocycles. The van der Waals surface area contributed by atoms with Gasteiger partial charge in [-0.15, -0.1) is 0 Å². The number of benzene rings is 1. The summed E-state index contributed by atoms with van der Waals surface area (Å²) in [5.74, 6) is 1.08. The molecule has 0 fully saturated rings. The maximum absolute atomic E-state index is 5.67. The van der Waals surface area contributed by atoms with Gasteiger partial charge in [-0.2, -0.15) is 0 Å². The van der Waals surface area contributed by atoms with Crippen molar-refractivity contribution in [2.75, 3.05) is 13.7 Å². The second-order valence-electron chi connectivity index (χ2n) is 4.76. The Morgan fingerprint density at radius 2 is 2.17 bits per heavy atom. The Hall–Kier alpha value is -1.39. The smallest absolute Gasteiger partial charge is 0.112 e. The molecule has 0 saturated carbocycles. The molecule has 0 saturated heterocycles. The number of hydrogen-bond acceptors (Lipinski definition) is 3. The molecule has 0 unspecified atom stereocenters. The van der Waals surface area contributed by atoms with Gasteiger partial charge in [-0.1, -0.05) is 6.07 Å². The molecule has 0 radical (unpaired) electrons. The largest absolute Gasteiger partial charge is 0.384 e. The van der Waals surface area contributed by atoms with Crippen LogP contribution in [0.4, 0.5) is 0 Å². The van der Waals surface area contributed by atoms with Gasteiger partial charge in [0.15, 0.2) is 0 Å². The van der Waals surface area contributed by atoms with Crippen molar-refractivity contribution >= 4 is 11.0 Å². The van der Waals surface area contributed by atoms with Gasteiger partial charge in [0.1, 0.15) is 5.82 Å². The van der Waals surface area contributed by atoms with Crippen LogP contribution in [0, 0.1) is 0 Å². The van der Waals surface area contributed by atoms with Gasteiger partial charge in [0, 0.05) is 26.1 Å². The molecule has 0 aliphatic carbocycles. The van der Waals surface area contributed by atoms with E-state index in [0.29, 0.717) is 19.2 Å². The summed E-state index contributed by atoms with van der Waals surface area (Å²) in [5.41, 5.74) is 8.99. The first kappa shape index (κ1) is 13.1. The van der Waals surface area contributed by atoms with Crippen LogP contribution in [-0.4, -0.2) is 23.3 Å². The Morgan fingerprint density at radius 1 is 1.39 bits per heavy atom. The van der Waals surface area contributed by atoms with Crippen molar-refractivity contribution in [1.29, 1.82) is 0 Å². The molecule has 1 heterocycles. The Morgan fingerprint density at radius 3 is 2.78 bits per heavy atom. The first-order valence-electron chi connectivity index (χ1n) is 6.36. The number of nitrogens with zero attached hydrogens (tertiary/aromatic N) is 2. The van der Waals surface area contributed by atoms with Crippen LogP contribution in [0.25, 0.3) is 11.0 Å². The summed E-state index contributed by atoms with van der Waals surface area (Å²) in [6.07, 6.45) is 0.835. The van der Waals surface area contributed by atoms with Gasteiger partial charge in [0.25, 0.3) is 0 Å². The van der Waals surface area contributed by atoms with E-state index in [0.717, 1.165) is 23.3 Å². The van der Waals surface area contributed by atoms with Gasteiger partial charge < -0.3 is 15.0 Å². The normalized spacial score (nSPS) is 11.6. The van der Waals surface area contributed by atoms with Gasteiger partial charge in [-0.25, -0.2) is 4.98 Å². The van der Waals surface area contributed by atoms with Crippen molar-refractivity contribution in [3.8, 4) is 0 Å². The number of methoxy groups -OCH3 is 1. The quantitative estimate of drug-likeness (QED) is 0.881. The molecule has 2 rings (SSSR count). The predicted molar refractivity (Wildman–Crippen MR) is 73.6 cm³/mol. The number of imidazole rings is 1. The van der Waals surface area contributed by atoms with Crippen LogP contribution in [0.15, 0.2) is 18.2 Å². The Bertz CT molecular complexity index is 531.